The van der Waals surface area contributed by atoms with E-state index in [1.165, 1.54) is 0 Å². The van der Waals surface area contributed by atoms with E-state index in [9.17, 15) is 4.79 Å². The number of piperidine rings is 1. The molecule has 4 nitrogen and oxygen atoms in total. The third kappa shape index (κ3) is 2.61. The van der Waals surface area contributed by atoms with Gasteiger partial charge in [0.2, 0.25) is 0 Å². The Balaban J connectivity index is 1.86. The van der Waals surface area contributed by atoms with Crippen molar-refractivity contribution in [3.05, 3.63) is 57.5 Å². The van der Waals surface area contributed by atoms with E-state index in [0.717, 1.165) is 41.8 Å². The standard InChI is InChI=1S/C18H17BrClN3O/c19-12-1-6-15-16(11-12)22-18(7-9-21-10-8-18)23(17(15)24)14-4-2-13(20)3-5-14/h1-6,11,21-22H,7-10H2. The number of halogens is 2. The summed E-state index contributed by atoms with van der Waals surface area (Å²) in [6, 6.07) is 13.2. The number of carbonyl (C=O) groups is 1. The van der Waals surface area contributed by atoms with Crippen molar-refractivity contribution in [1.82, 2.24) is 5.32 Å². The molecule has 1 amide bonds. The molecule has 2 aliphatic rings. The highest BCUT2D eigenvalue weighted by Crippen LogP contribution is 2.40. The summed E-state index contributed by atoms with van der Waals surface area (Å²) in [6.45, 7) is 1.74. The molecular formula is C18H17BrClN3O. The molecular weight excluding hydrogens is 390 g/mol. The number of nitrogens with one attached hydrogen (secondary N) is 2. The van der Waals surface area contributed by atoms with Gasteiger partial charge in [-0.2, -0.15) is 0 Å². The van der Waals surface area contributed by atoms with Gasteiger partial charge in [-0.3, -0.25) is 9.69 Å². The van der Waals surface area contributed by atoms with Crippen LogP contribution in [0, 0.1) is 0 Å². The molecule has 1 fully saturated rings. The van der Waals surface area contributed by atoms with Crippen molar-refractivity contribution in [2.75, 3.05) is 23.3 Å². The van der Waals surface area contributed by atoms with Crippen LogP contribution in [-0.2, 0) is 0 Å². The maximum atomic E-state index is 13.3. The predicted molar refractivity (Wildman–Crippen MR) is 101 cm³/mol. The molecule has 2 aromatic rings. The van der Waals surface area contributed by atoms with E-state index >= 15 is 0 Å². The fraction of sp³-hybridized carbons (Fsp3) is 0.278. The van der Waals surface area contributed by atoms with Gasteiger partial charge in [0, 0.05) is 33.7 Å². The van der Waals surface area contributed by atoms with Crippen molar-refractivity contribution < 1.29 is 4.79 Å². The largest absolute Gasteiger partial charge is 0.362 e. The Morgan fingerprint density at radius 3 is 2.50 bits per heavy atom. The number of amides is 1. The number of nitrogens with zero attached hydrogens (tertiary/aromatic N) is 1. The molecule has 2 heterocycles. The van der Waals surface area contributed by atoms with Crippen molar-refractivity contribution in [2.24, 2.45) is 0 Å². The monoisotopic (exact) mass is 405 g/mol. The summed E-state index contributed by atoms with van der Waals surface area (Å²) in [7, 11) is 0. The molecule has 0 radical (unpaired) electrons. The lowest BCUT2D eigenvalue weighted by Crippen LogP contribution is -2.64. The molecule has 6 heteroatoms. The van der Waals surface area contributed by atoms with Crippen LogP contribution < -0.4 is 15.5 Å². The fourth-order valence-electron chi connectivity index (χ4n) is 3.57. The number of fused-ring (bicyclic) bond motifs is 1. The number of hydrogen-bond acceptors (Lipinski definition) is 3. The zero-order chi connectivity index (χ0) is 16.7. The van der Waals surface area contributed by atoms with Crippen molar-refractivity contribution in [3.63, 3.8) is 0 Å². The lowest BCUT2D eigenvalue weighted by Gasteiger charge is -2.50. The second kappa shape index (κ2) is 6.06. The molecule has 124 valence electrons. The number of rotatable bonds is 1. The smallest absolute Gasteiger partial charge is 0.262 e. The number of benzene rings is 2. The summed E-state index contributed by atoms with van der Waals surface area (Å²) in [4.78, 5) is 15.2. The van der Waals surface area contributed by atoms with Crippen LogP contribution in [0.4, 0.5) is 11.4 Å². The molecule has 0 bridgehead atoms. The predicted octanol–water partition coefficient (Wildman–Crippen LogP) is 4.25. The van der Waals surface area contributed by atoms with Gasteiger partial charge in [-0.15, -0.1) is 0 Å². The van der Waals surface area contributed by atoms with Gasteiger partial charge in [-0.1, -0.05) is 27.5 Å². The van der Waals surface area contributed by atoms with Crippen LogP contribution in [0.3, 0.4) is 0 Å². The average molecular weight is 407 g/mol. The van der Waals surface area contributed by atoms with Gasteiger partial charge < -0.3 is 10.6 Å². The molecule has 0 atom stereocenters. The highest BCUT2D eigenvalue weighted by Gasteiger charge is 2.46. The quantitative estimate of drug-likeness (QED) is 0.744. The third-order valence-electron chi connectivity index (χ3n) is 4.73. The van der Waals surface area contributed by atoms with Crippen molar-refractivity contribution in [3.8, 4) is 0 Å². The topological polar surface area (TPSA) is 44.4 Å². The Hall–Kier alpha value is -1.56. The molecule has 0 saturated carbocycles. The summed E-state index contributed by atoms with van der Waals surface area (Å²) < 4.78 is 0.963. The van der Waals surface area contributed by atoms with Crippen molar-refractivity contribution >= 4 is 44.8 Å². The Labute approximate surface area is 154 Å². The highest BCUT2D eigenvalue weighted by atomic mass is 79.9. The maximum Gasteiger partial charge on any atom is 0.262 e. The summed E-state index contributed by atoms with van der Waals surface area (Å²) in [5.74, 6) is 0.0282. The second-order valence-electron chi connectivity index (χ2n) is 6.21. The zero-order valence-corrected chi connectivity index (χ0v) is 15.3. The Morgan fingerprint density at radius 2 is 1.79 bits per heavy atom. The summed E-state index contributed by atoms with van der Waals surface area (Å²) in [5, 5.41) is 7.69. The average Bonchev–Trinajstić information content (AvgIpc) is 2.57. The van der Waals surface area contributed by atoms with E-state index in [-0.39, 0.29) is 5.91 Å². The van der Waals surface area contributed by atoms with E-state index in [4.69, 9.17) is 11.6 Å². The van der Waals surface area contributed by atoms with Crippen LogP contribution in [0.1, 0.15) is 23.2 Å². The Morgan fingerprint density at radius 1 is 1.08 bits per heavy atom. The fourth-order valence-corrected chi connectivity index (χ4v) is 4.06. The van der Waals surface area contributed by atoms with Gasteiger partial charge in [0.25, 0.3) is 5.91 Å². The molecule has 0 aromatic heterocycles. The second-order valence-corrected chi connectivity index (χ2v) is 7.57. The first-order valence-electron chi connectivity index (χ1n) is 7.98. The Bertz CT molecular complexity index is 787. The van der Waals surface area contributed by atoms with Gasteiger partial charge >= 0.3 is 0 Å². The zero-order valence-electron chi connectivity index (χ0n) is 13.0. The molecule has 2 aromatic carbocycles. The SMILES string of the molecule is O=C1c2ccc(Br)cc2NC2(CCNCC2)N1c1ccc(Cl)cc1. The van der Waals surface area contributed by atoms with Gasteiger partial charge in [0.05, 0.1) is 5.56 Å². The molecule has 1 spiro atoms. The Kier molecular flexibility index (Phi) is 4.03. The minimum Gasteiger partial charge on any atom is -0.362 e. The maximum absolute atomic E-state index is 13.3. The lowest BCUT2D eigenvalue weighted by atomic mass is 9.90. The van der Waals surface area contributed by atoms with Crippen LogP contribution in [0.15, 0.2) is 46.9 Å². The minimum atomic E-state index is -0.413. The number of anilines is 2. The first kappa shape index (κ1) is 15.9. The molecule has 4 rings (SSSR count). The number of hydrogen-bond donors (Lipinski definition) is 2. The molecule has 24 heavy (non-hydrogen) atoms. The third-order valence-corrected chi connectivity index (χ3v) is 5.47. The minimum absolute atomic E-state index is 0.0282. The van der Waals surface area contributed by atoms with E-state index < -0.39 is 5.66 Å². The first-order valence-corrected chi connectivity index (χ1v) is 9.15. The van der Waals surface area contributed by atoms with Crippen LogP contribution in [0.2, 0.25) is 5.02 Å². The molecule has 2 aliphatic heterocycles. The lowest BCUT2D eigenvalue weighted by molar-refractivity contribution is 0.0941. The summed E-state index contributed by atoms with van der Waals surface area (Å²) in [5.41, 5.74) is 2.04. The van der Waals surface area contributed by atoms with Crippen LogP contribution in [0.25, 0.3) is 0 Å². The molecule has 2 N–H and O–H groups in total. The van der Waals surface area contributed by atoms with Gasteiger partial charge in [0.1, 0.15) is 5.66 Å². The van der Waals surface area contributed by atoms with E-state index in [2.05, 4.69) is 26.6 Å². The van der Waals surface area contributed by atoms with E-state index in [1.54, 1.807) is 0 Å². The van der Waals surface area contributed by atoms with Gasteiger partial charge in [-0.25, -0.2) is 0 Å². The van der Waals surface area contributed by atoms with Gasteiger partial charge in [-0.05, 0) is 55.6 Å². The highest BCUT2D eigenvalue weighted by molar-refractivity contribution is 9.10. The van der Waals surface area contributed by atoms with E-state index in [1.807, 2.05) is 47.4 Å². The number of carbonyl (C=O) groups excluding carboxylic acids is 1. The van der Waals surface area contributed by atoms with Crippen LogP contribution in [-0.4, -0.2) is 24.7 Å². The van der Waals surface area contributed by atoms with Crippen LogP contribution in [0.5, 0.6) is 0 Å². The molecule has 1 saturated heterocycles. The normalized spacial score (nSPS) is 19.1. The summed E-state index contributed by atoms with van der Waals surface area (Å²) >= 11 is 9.53. The first-order chi connectivity index (χ1) is 11.6. The van der Waals surface area contributed by atoms with Crippen molar-refractivity contribution in [2.45, 2.75) is 18.5 Å². The van der Waals surface area contributed by atoms with Crippen LogP contribution >= 0.6 is 27.5 Å². The van der Waals surface area contributed by atoms with Gasteiger partial charge in [0.15, 0.2) is 0 Å². The van der Waals surface area contributed by atoms with E-state index in [0.29, 0.717) is 10.6 Å². The van der Waals surface area contributed by atoms with Crippen molar-refractivity contribution in [1.29, 1.82) is 0 Å². The molecule has 0 unspecified atom stereocenters. The molecule has 0 aliphatic carbocycles. The summed E-state index contributed by atoms with van der Waals surface area (Å²) in [6.07, 6.45) is 1.68.